The van der Waals surface area contributed by atoms with E-state index >= 15 is 0 Å². The molecule has 0 saturated heterocycles. The Hall–Kier alpha value is -0.900. The van der Waals surface area contributed by atoms with Crippen LogP contribution in [-0.2, 0) is 10.2 Å². The van der Waals surface area contributed by atoms with E-state index in [2.05, 4.69) is 25.8 Å². The van der Waals surface area contributed by atoms with Crippen LogP contribution in [0.25, 0.3) is 0 Å². The second-order valence-corrected chi connectivity index (χ2v) is 5.51. The Morgan fingerprint density at radius 1 is 1.60 bits per heavy atom. The van der Waals surface area contributed by atoms with E-state index in [0.717, 1.165) is 10.7 Å². The number of carboxylic acids is 1. The molecule has 0 aromatic carbocycles. The van der Waals surface area contributed by atoms with Crippen molar-refractivity contribution in [2.75, 3.05) is 0 Å². The molecule has 1 aromatic rings. The van der Waals surface area contributed by atoms with Gasteiger partial charge in [0.15, 0.2) is 0 Å². The zero-order valence-electron chi connectivity index (χ0n) is 9.57. The lowest BCUT2D eigenvalue weighted by molar-refractivity contribution is -0.138. The van der Waals surface area contributed by atoms with Gasteiger partial charge in [-0.25, -0.2) is 4.98 Å². The summed E-state index contributed by atoms with van der Waals surface area (Å²) in [5, 5.41) is 11.7. The summed E-state index contributed by atoms with van der Waals surface area (Å²) in [5.41, 5.74) is 0.966. The van der Waals surface area contributed by atoms with Crippen LogP contribution >= 0.6 is 11.3 Å². The first-order valence-corrected chi connectivity index (χ1v) is 5.93. The van der Waals surface area contributed by atoms with Gasteiger partial charge >= 0.3 is 5.97 Å². The largest absolute Gasteiger partial charge is 0.481 e. The summed E-state index contributed by atoms with van der Waals surface area (Å²) in [6.45, 7) is 8.10. The normalized spacial score (nSPS) is 13.9. The predicted octanol–water partition coefficient (Wildman–Crippen LogP) is 3.02. The molecule has 0 amide bonds. The molecule has 1 rings (SSSR count). The molecule has 84 valence electrons. The van der Waals surface area contributed by atoms with Crippen molar-refractivity contribution in [2.24, 2.45) is 0 Å². The first-order chi connectivity index (χ1) is 6.86. The van der Waals surface area contributed by atoms with E-state index in [4.69, 9.17) is 5.11 Å². The third kappa shape index (κ3) is 2.78. The van der Waals surface area contributed by atoms with Crippen molar-refractivity contribution < 1.29 is 9.90 Å². The van der Waals surface area contributed by atoms with Crippen molar-refractivity contribution in [1.82, 2.24) is 4.98 Å². The van der Waals surface area contributed by atoms with Gasteiger partial charge in [-0.1, -0.05) is 27.7 Å². The summed E-state index contributed by atoms with van der Waals surface area (Å²) < 4.78 is 0. The Morgan fingerprint density at radius 2 is 2.20 bits per heavy atom. The third-order valence-electron chi connectivity index (χ3n) is 2.29. The van der Waals surface area contributed by atoms with Crippen LogP contribution in [-0.4, -0.2) is 16.1 Å². The Balaban J connectivity index is 2.97. The topological polar surface area (TPSA) is 50.2 Å². The average Bonchev–Trinajstić information content (AvgIpc) is 2.52. The van der Waals surface area contributed by atoms with E-state index in [9.17, 15) is 4.79 Å². The maximum absolute atomic E-state index is 11.0. The molecule has 0 saturated carbocycles. The standard InChI is InChI=1S/C11H17NO2S/c1-5-7(10(13)14)9-12-8(6-15-9)11(2,3)4/h6-7H,5H2,1-4H3,(H,13,14). The van der Waals surface area contributed by atoms with Gasteiger partial charge in [0.1, 0.15) is 10.9 Å². The second-order valence-electron chi connectivity index (χ2n) is 4.62. The number of hydrogen-bond donors (Lipinski definition) is 1. The first kappa shape index (κ1) is 12.2. The maximum atomic E-state index is 11.0. The Kier molecular flexibility index (Phi) is 3.50. The van der Waals surface area contributed by atoms with E-state index in [0.29, 0.717) is 6.42 Å². The highest BCUT2D eigenvalue weighted by atomic mass is 32.1. The quantitative estimate of drug-likeness (QED) is 0.863. The molecule has 0 aliphatic carbocycles. The fourth-order valence-corrected chi connectivity index (χ4v) is 2.47. The van der Waals surface area contributed by atoms with Crippen molar-refractivity contribution in [1.29, 1.82) is 0 Å². The van der Waals surface area contributed by atoms with Gasteiger partial charge in [0.25, 0.3) is 0 Å². The van der Waals surface area contributed by atoms with E-state index in [1.165, 1.54) is 11.3 Å². The zero-order valence-corrected chi connectivity index (χ0v) is 10.4. The minimum absolute atomic E-state index is 0.00839. The van der Waals surface area contributed by atoms with E-state index in [1.54, 1.807) is 0 Å². The van der Waals surface area contributed by atoms with Crippen molar-refractivity contribution in [3.05, 3.63) is 16.1 Å². The van der Waals surface area contributed by atoms with Gasteiger partial charge in [0.2, 0.25) is 0 Å². The molecule has 15 heavy (non-hydrogen) atoms. The molecule has 0 radical (unpaired) electrons. The molecule has 1 unspecified atom stereocenters. The van der Waals surface area contributed by atoms with Crippen LogP contribution in [0.4, 0.5) is 0 Å². The first-order valence-electron chi connectivity index (χ1n) is 5.05. The van der Waals surface area contributed by atoms with Crippen molar-refractivity contribution in [2.45, 2.75) is 45.4 Å². The number of carboxylic acid groups (broad SMARTS) is 1. The highest BCUT2D eigenvalue weighted by molar-refractivity contribution is 7.09. The molecule has 0 aliphatic heterocycles. The number of rotatable bonds is 3. The minimum Gasteiger partial charge on any atom is -0.481 e. The monoisotopic (exact) mass is 227 g/mol. The number of nitrogens with zero attached hydrogens (tertiary/aromatic N) is 1. The molecule has 4 heteroatoms. The van der Waals surface area contributed by atoms with E-state index in [1.807, 2.05) is 12.3 Å². The van der Waals surface area contributed by atoms with Gasteiger partial charge in [-0.05, 0) is 6.42 Å². The molecular weight excluding hydrogens is 210 g/mol. The van der Waals surface area contributed by atoms with Crippen LogP contribution in [0, 0.1) is 0 Å². The van der Waals surface area contributed by atoms with Crippen molar-refractivity contribution >= 4 is 17.3 Å². The summed E-state index contributed by atoms with van der Waals surface area (Å²) in [7, 11) is 0. The fraction of sp³-hybridized carbons (Fsp3) is 0.636. The molecule has 0 fully saturated rings. The van der Waals surface area contributed by atoms with Crippen molar-refractivity contribution in [3.8, 4) is 0 Å². The van der Waals surface area contributed by atoms with Gasteiger partial charge in [-0.3, -0.25) is 4.79 Å². The van der Waals surface area contributed by atoms with Crippen LogP contribution in [0.5, 0.6) is 0 Å². The number of carbonyl (C=O) groups is 1. The second kappa shape index (κ2) is 4.31. The van der Waals surface area contributed by atoms with Crippen molar-refractivity contribution in [3.63, 3.8) is 0 Å². The molecule has 0 bridgehead atoms. The maximum Gasteiger partial charge on any atom is 0.313 e. The summed E-state index contributed by atoms with van der Waals surface area (Å²) >= 11 is 1.45. The summed E-state index contributed by atoms with van der Waals surface area (Å²) in [4.78, 5) is 15.4. The Labute approximate surface area is 94.2 Å². The van der Waals surface area contributed by atoms with Crippen LogP contribution in [0.3, 0.4) is 0 Å². The molecule has 1 heterocycles. The van der Waals surface area contributed by atoms with Gasteiger partial charge in [0.05, 0.1) is 5.69 Å². The summed E-state index contributed by atoms with van der Waals surface area (Å²) in [6, 6.07) is 0. The molecule has 1 N–H and O–H groups in total. The summed E-state index contributed by atoms with van der Waals surface area (Å²) in [5.74, 6) is -1.24. The van der Waals surface area contributed by atoms with Gasteiger partial charge < -0.3 is 5.11 Å². The van der Waals surface area contributed by atoms with Crippen LogP contribution in [0.15, 0.2) is 5.38 Å². The Morgan fingerprint density at radius 3 is 2.53 bits per heavy atom. The average molecular weight is 227 g/mol. The molecule has 1 aromatic heterocycles. The Bertz CT molecular complexity index is 352. The molecule has 3 nitrogen and oxygen atoms in total. The molecular formula is C11H17NO2S. The zero-order chi connectivity index (χ0) is 11.6. The molecule has 0 aliphatic rings. The SMILES string of the molecule is CCC(C(=O)O)c1nc(C(C)(C)C)cs1. The van der Waals surface area contributed by atoms with E-state index < -0.39 is 11.9 Å². The smallest absolute Gasteiger partial charge is 0.313 e. The third-order valence-corrected chi connectivity index (χ3v) is 3.25. The highest BCUT2D eigenvalue weighted by Gasteiger charge is 2.24. The van der Waals surface area contributed by atoms with Crippen LogP contribution in [0.2, 0.25) is 0 Å². The lowest BCUT2D eigenvalue weighted by Gasteiger charge is -2.14. The number of thiazole rings is 1. The summed E-state index contributed by atoms with van der Waals surface area (Å²) in [6.07, 6.45) is 0.590. The lowest BCUT2D eigenvalue weighted by Crippen LogP contribution is -2.14. The minimum atomic E-state index is -0.785. The lowest BCUT2D eigenvalue weighted by atomic mass is 9.93. The van der Waals surface area contributed by atoms with Gasteiger partial charge in [-0.15, -0.1) is 11.3 Å². The van der Waals surface area contributed by atoms with Crippen LogP contribution in [0.1, 0.15) is 50.7 Å². The number of aromatic nitrogens is 1. The molecule has 1 atom stereocenters. The van der Waals surface area contributed by atoms with Gasteiger partial charge in [-0.2, -0.15) is 0 Å². The van der Waals surface area contributed by atoms with E-state index in [-0.39, 0.29) is 5.41 Å². The fourth-order valence-electron chi connectivity index (χ4n) is 1.25. The number of hydrogen-bond acceptors (Lipinski definition) is 3. The highest BCUT2D eigenvalue weighted by Crippen LogP contribution is 2.29. The van der Waals surface area contributed by atoms with Crippen LogP contribution < -0.4 is 0 Å². The predicted molar refractivity (Wildman–Crippen MR) is 61.5 cm³/mol. The van der Waals surface area contributed by atoms with Gasteiger partial charge in [0, 0.05) is 10.8 Å². The number of aliphatic carboxylic acids is 1. The molecule has 0 spiro atoms.